The third-order valence-electron chi connectivity index (χ3n) is 3.96. The molecule has 0 saturated heterocycles. The first-order valence-corrected chi connectivity index (χ1v) is 9.82. The summed E-state index contributed by atoms with van der Waals surface area (Å²) in [6, 6.07) is 0. The van der Waals surface area contributed by atoms with Crippen molar-refractivity contribution in [3.63, 3.8) is 0 Å². The molecule has 25 heavy (non-hydrogen) atoms. The molecule has 0 nitrogen and oxygen atoms in total. The quantitative estimate of drug-likeness (QED) is 0.421. The lowest BCUT2D eigenvalue weighted by atomic mass is 10.1. The molecule has 1 aliphatic carbocycles. The minimum atomic E-state index is 1.20. The van der Waals surface area contributed by atoms with E-state index in [4.69, 9.17) is 0 Å². The zero-order valence-electron chi connectivity index (χ0n) is 15.6. The Kier molecular flexibility index (Phi) is 15.3. The van der Waals surface area contributed by atoms with Crippen molar-refractivity contribution >= 4 is 0 Å². The number of rotatable bonds is 0. The van der Waals surface area contributed by atoms with Crippen LogP contribution >= 0.6 is 0 Å². The summed E-state index contributed by atoms with van der Waals surface area (Å²) in [7, 11) is 0. The third kappa shape index (κ3) is 16.6. The fraction of sp³-hybridized carbons (Fsp3) is 0.360. The van der Waals surface area contributed by atoms with Gasteiger partial charge in [0.2, 0.25) is 0 Å². The first-order valence-electron chi connectivity index (χ1n) is 9.82. The van der Waals surface area contributed by atoms with Crippen LogP contribution in [0.4, 0.5) is 0 Å². The fourth-order valence-electron chi connectivity index (χ4n) is 2.53. The summed E-state index contributed by atoms with van der Waals surface area (Å²) in [5.41, 5.74) is 0. The highest BCUT2D eigenvalue weighted by Crippen LogP contribution is 2.10. The van der Waals surface area contributed by atoms with Crippen molar-refractivity contribution < 1.29 is 0 Å². The normalized spacial score (nSPS) is 27.8. The van der Waals surface area contributed by atoms with Gasteiger partial charge in [0.05, 0.1) is 0 Å². The summed E-state index contributed by atoms with van der Waals surface area (Å²) in [6.45, 7) is 0. The molecule has 0 spiro atoms. The van der Waals surface area contributed by atoms with Crippen LogP contribution in [-0.4, -0.2) is 0 Å². The summed E-state index contributed by atoms with van der Waals surface area (Å²) in [6.07, 6.45) is 45.5. The van der Waals surface area contributed by atoms with Crippen molar-refractivity contribution in [2.45, 2.75) is 57.8 Å². The van der Waals surface area contributed by atoms with Crippen LogP contribution < -0.4 is 0 Å². The van der Waals surface area contributed by atoms with Gasteiger partial charge in [0, 0.05) is 0 Å². The van der Waals surface area contributed by atoms with Gasteiger partial charge in [-0.25, -0.2) is 0 Å². The van der Waals surface area contributed by atoms with E-state index in [0.29, 0.717) is 0 Å². The Balaban J connectivity index is 2.40. The lowest BCUT2D eigenvalue weighted by Crippen LogP contribution is -1.80. The second-order valence-corrected chi connectivity index (χ2v) is 6.22. The lowest BCUT2D eigenvalue weighted by molar-refractivity contribution is 0.583. The van der Waals surface area contributed by atoms with Crippen LogP contribution in [-0.2, 0) is 0 Å². The summed E-state index contributed by atoms with van der Waals surface area (Å²) >= 11 is 0. The highest BCUT2D eigenvalue weighted by atomic mass is 14.0. The molecule has 0 N–H and O–H groups in total. The molecule has 0 atom stereocenters. The maximum Gasteiger partial charge on any atom is -0.0348 e. The van der Waals surface area contributed by atoms with Gasteiger partial charge in [-0.1, -0.05) is 129 Å². The summed E-state index contributed by atoms with van der Waals surface area (Å²) in [4.78, 5) is 0. The Hall–Kier alpha value is -2.08. The highest BCUT2D eigenvalue weighted by molar-refractivity contribution is 5.21. The first kappa shape index (κ1) is 21.0. The average molecular weight is 335 g/mol. The van der Waals surface area contributed by atoms with Gasteiger partial charge in [0.1, 0.15) is 0 Å². The van der Waals surface area contributed by atoms with Crippen LogP contribution in [0.2, 0.25) is 0 Å². The standard InChI is InChI=1S/C25H34/c1-2-4-6-8-10-12-14-16-18-20-22-24-25-23-21-19-17-15-13-11-9-7-5-3-1/h1-16H,17-25H2/b3-1-,4-2-,7-5-,8-6-,11-9-,12-10-,15-13-,16-14?. The zero-order chi connectivity index (χ0) is 17.7. The Morgan fingerprint density at radius 1 is 0.240 bits per heavy atom. The highest BCUT2D eigenvalue weighted by Gasteiger charge is 1.90. The van der Waals surface area contributed by atoms with Gasteiger partial charge in [-0.2, -0.15) is 0 Å². The molecule has 0 saturated carbocycles. The van der Waals surface area contributed by atoms with E-state index in [1.165, 1.54) is 57.8 Å². The Morgan fingerprint density at radius 3 is 0.800 bits per heavy atom. The SMILES string of the molecule is C1=CCCCCCCCCC\C=C/C=C\C=C/C=C\C=C/C=C\C=C/1. The zero-order valence-corrected chi connectivity index (χ0v) is 15.6. The monoisotopic (exact) mass is 334 g/mol. The Labute approximate surface area is 155 Å². The molecule has 0 aromatic heterocycles. The van der Waals surface area contributed by atoms with Crippen molar-refractivity contribution in [1.29, 1.82) is 0 Å². The molecule has 1 rings (SSSR count). The van der Waals surface area contributed by atoms with Crippen molar-refractivity contribution in [2.75, 3.05) is 0 Å². The first-order chi connectivity index (χ1) is 12.5. The van der Waals surface area contributed by atoms with Crippen LogP contribution in [0.5, 0.6) is 0 Å². The average Bonchev–Trinajstić information content (AvgIpc) is 2.62. The van der Waals surface area contributed by atoms with Crippen LogP contribution in [0, 0.1) is 0 Å². The van der Waals surface area contributed by atoms with Crippen molar-refractivity contribution in [2.24, 2.45) is 0 Å². The largest absolute Gasteiger partial charge is 0.0845 e. The second kappa shape index (κ2) is 18.3. The van der Waals surface area contributed by atoms with E-state index in [9.17, 15) is 0 Å². The molecule has 0 radical (unpaired) electrons. The molecular weight excluding hydrogens is 300 g/mol. The van der Waals surface area contributed by atoms with Crippen LogP contribution in [0.25, 0.3) is 0 Å². The van der Waals surface area contributed by atoms with E-state index in [2.05, 4.69) is 60.8 Å². The number of allylic oxidation sites excluding steroid dienone is 16. The van der Waals surface area contributed by atoms with Gasteiger partial charge >= 0.3 is 0 Å². The molecule has 0 heterocycles. The van der Waals surface area contributed by atoms with E-state index in [0.717, 1.165) is 0 Å². The van der Waals surface area contributed by atoms with Crippen molar-refractivity contribution in [3.05, 3.63) is 97.2 Å². The van der Waals surface area contributed by atoms with Gasteiger partial charge in [-0.05, 0) is 25.7 Å². The Morgan fingerprint density at radius 2 is 0.480 bits per heavy atom. The predicted molar refractivity (Wildman–Crippen MR) is 115 cm³/mol. The van der Waals surface area contributed by atoms with E-state index in [-0.39, 0.29) is 0 Å². The van der Waals surface area contributed by atoms with Crippen LogP contribution in [0.3, 0.4) is 0 Å². The molecule has 0 unspecified atom stereocenters. The summed E-state index contributed by atoms with van der Waals surface area (Å²) in [5.74, 6) is 0. The maximum atomic E-state index is 2.27. The molecule has 0 fully saturated rings. The summed E-state index contributed by atoms with van der Waals surface area (Å²) in [5, 5.41) is 0. The van der Waals surface area contributed by atoms with Gasteiger partial charge in [0.25, 0.3) is 0 Å². The van der Waals surface area contributed by atoms with E-state index in [1.54, 1.807) is 0 Å². The van der Waals surface area contributed by atoms with E-state index < -0.39 is 0 Å². The molecule has 0 bridgehead atoms. The van der Waals surface area contributed by atoms with Crippen molar-refractivity contribution in [1.82, 2.24) is 0 Å². The molecule has 0 aliphatic heterocycles. The van der Waals surface area contributed by atoms with Crippen molar-refractivity contribution in [3.8, 4) is 0 Å². The molecule has 0 aromatic rings. The maximum absolute atomic E-state index is 2.27. The molecule has 0 amide bonds. The van der Waals surface area contributed by atoms with E-state index in [1.807, 2.05) is 36.5 Å². The fourth-order valence-corrected chi connectivity index (χ4v) is 2.53. The van der Waals surface area contributed by atoms with Gasteiger partial charge in [-0.3, -0.25) is 0 Å². The lowest BCUT2D eigenvalue weighted by Gasteiger charge is -2.00. The summed E-state index contributed by atoms with van der Waals surface area (Å²) < 4.78 is 0. The molecule has 0 aromatic carbocycles. The van der Waals surface area contributed by atoms with Gasteiger partial charge in [-0.15, -0.1) is 0 Å². The topological polar surface area (TPSA) is 0 Å². The third-order valence-corrected chi connectivity index (χ3v) is 3.96. The molecule has 134 valence electrons. The van der Waals surface area contributed by atoms with E-state index >= 15 is 0 Å². The minimum absolute atomic E-state index is 1.20. The molecular formula is C25H34. The van der Waals surface area contributed by atoms with Crippen LogP contribution in [0.1, 0.15) is 57.8 Å². The van der Waals surface area contributed by atoms with Gasteiger partial charge < -0.3 is 0 Å². The second-order valence-electron chi connectivity index (χ2n) is 6.22. The molecule has 1 aliphatic rings. The number of hydrogen-bond acceptors (Lipinski definition) is 0. The number of hydrogen-bond donors (Lipinski definition) is 0. The Bertz CT molecular complexity index is 470. The minimum Gasteiger partial charge on any atom is -0.0845 e. The predicted octanol–water partition coefficient (Wildman–Crippen LogP) is 7.96. The smallest absolute Gasteiger partial charge is 0.0348 e. The van der Waals surface area contributed by atoms with Crippen LogP contribution in [0.15, 0.2) is 97.2 Å². The van der Waals surface area contributed by atoms with Gasteiger partial charge in [0.15, 0.2) is 0 Å². The molecule has 0 heteroatoms.